The molecule has 0 N–H and O–H groups in total. The van der Waals surface area contributed by atoms with Gasteiger partial charge in [-0.1, -0.05) is 206 Å². The molecule has 242 valence electrons. The van der Waals surface area contributed by atoms with Gasteiger partial charge in [-0.25, -0.2) is 0 Å². The van der Waals surface area contributed by atoms with E-state index in [4.69, 9.17) is 0 Å². The zero-order valence-electron chi connectivity index (χ0n) is 28.6. The second kappa shape index (κ2) is 12.5. The highest BCUT2D eigenvalue weighted by atomic mass is 14.2. The molecule has 0 nitrogen and oxygen atoms in total. The molecule has 0 fully saturated rings. The topological polar surface area (TPSA) is 0 Å². The summed E-state index contributed by atoms with van der Waals surface area (Å²) in [7, 11) is 0. The lowest BCUT2D eigenvalue weighted by Gasteiger charge is -2.20. The summed E-state index contributed by atoms with van der Waals surface area (Å²) in [6.07, 6.45) is 0. The van der Waals surface area contributed by atoms with Crippen LogP contribution in [0.4, 0.5) is 0 Å². The van der Waals surface area contributed by atoms with Gasteiger partial charge in [0.25, 0.3) is 0 Å². The molecule has 0 aliphatic heterocycles. The van der Waals surface area contributed by atoms with Crippen LogP contribution in [-0.2, 0) is 0 Å². The molecular weight excluding hydrogens is 625 g/mol. The quantitative estimate of drug-likeness (QED) is 0.161. The predicted octanol–water partition coefficient (Wildman–Crippen LogP) is 14.6. The highest BCUT2D eigenvalue weighted by Crippen LogP contribution is 2.47. The van der Waals surface area contributed by atoms with Crippen molar-refractivity contribution in [3.8, 4) is 55.6 Å². The first-order chi connectivity index (χ1) is 25.8. The van der Waals surface area contributed by atoms with Crippen molar-refractivity contribution in [2.75, 3.05) is 0 Å². The maximum atomic E-state index is 2.37. The van der Waals surface area contributed by atoms with E-state index in [9.17, 15) is 0 Å². The predicted molar refractivity (Wildman–Crippen MR) is 224 cm³/mol. The second-order valence-electron chi connectivity index (χ2n) is 13.6. The van der Waals surface area contributed by atoms with E-state index >= 15 is 0 Å². The Balaban J connectivity index is 1.21. The van der Waals surface area contributed by atoms with Gasteiger partial charge in [0.05, 0.1) is 0 Å². The van der Waals surface area contributed by atoms with Crippen molar-refractivity contribution in [2.45, 2.75) is 0 Å². The van der Waals surface area contributed by atoms with Gasteiger partial charge in [0.1, 0.15) is 0 Å². The van der Waals surface area contributed by atoms with E-state index in [0.717, 1.165) is 0 Å². The van der Waals surface area contributed by atoms with Gasteiger partial charge in [-0.15, -0.1) is 0 Å². The van der Waals surface area contributed by atoms with Gasteiger partial charge in [0, 0.05) is 0 Å². The van der Waals surface area contributed by atoms with E-state index in [1.807, 2.05) is 0 Å². The van der Waals surface area contributed by atoms with Gasteiger partial charge in [0.15, 0.2) is 0 Å². The van der Waals surface area contributed by atoms with Crippen molar-refractivity contribution in [1.29, 1.82) is 0 Å². The minimum Gasteiger partial charge on any atom is -0.0622 e. The van der Waals surface area contributed by atoms with Gasteiger partial charge in [0.2, 0.25) is 0 Å². The van der Waals surface area contributed by atoms with Crippen LogP contribution < -0.4 is 0 Å². The van der Waals surface area contributed by atoms with Crippen molar-refractivity contribution in [2.24, 2.45) is 0 Å². The summed E-state index contributed by atoms with van der Waals surface area (Å²) in [5.41, 5.74) is 12.5. The minimum absolute atomic E-state index is 1.23. The highest BCUT2D eigenvalue weighted by Gasteiger charge is 2.20. The fraction of sp³-hybridized carbons (Fsp3) is 0. The minimum atomic E-state index is 1.23. The Bertz CT molecular complexity index is 2860. The van der Waals surface area contributed by atoms with E-state index in [1.165, 1.54) is 98.7 Å². The zero-order chi connectivity index (χ0) is 34.4. The molecule has 10 aromatic rings. The third-order valence-corrected chi connectivity index (χ3v) is 10.7. The Morgan fingerprint density at radius 3 is 1.21 bits per heavy atom. The van der Waals surface area contributed by atoms with Gasteiger partial charge >= 0.3 is 0 Å². The van der Waals surface area contributed by atoms with Crippen LogP contribution in [0.2, 0.25) is 0 Å². The highest BCUT2D eigenvalue weighted by molar-refractivity contribution is 6.24. The van der Waals surface area contributed by atoms with Gasteiger partial charge in [-0.05, 0) is 98.7 Å². The van der Waals surface area contributed by atoms with Crippen LogP contribution in [0, 0.1) is 0 Å². The van der Waals surface area contributed by atoms with Gasteiger partial charge in [-0.3, -0.25) is 0 Å². The average Bonchev–Trinajstić information content (AvgIpc) is 3.23. The lowest BCUT2D eigenvalue weighted by molar-refractivity contribution is 1.61. The third-order valence-electron chi connectivity index (χ3n) is 10.7. The molecule has 0 heteroatoms. The molecule has 10 aromatic carbocycles. The molecule has 0 aromatic heterocycles. The van der Waals surface area contributed by atoms with Crippen LogP contribution in [0.15, 0.2) is 206 Å². The van der Waals surface area contributed by atoms with E-state index < -0.39 is 0 Å². The Kier molecular flexibility index (Phi) is 7.25. The van der Waals surface area contributed by atoms with E-state index in [-0.39, 0.29) is 0 Å². The monoisotopic (exact) mass is 658 g/mol. The molecule has 0 radical (unpaired) electrons. The summed E-state index contributed by atoms with van der Waals surface area (Å²) in [6, 6.07) is 75.4. The standard InChI is InChI=1S/C52H34/c1-3-15-35(16-4-1)36-29-31-39(32-30-36)51-45-23-9-11-25-47(45)52(48-26-12-10-24-46(48)51)49-34-33-43(41-21-7-8-22-42(41)49)44-28-14-20-38-19-13-27-40(50(38)44)37-17-5-2-6-18-37/h1-34H. The van der Waals surface area contributed by atoms with Gasteiger partial charge in [-0.2, -0.15) is 0 Å². The fourth-order valence-electron chi connectivity index (χ4n) is 8.37. The SMILES string of the molecule is c1ccc(-c2ccc(-c3c4ccccc4c(-c4ccc(-c5cccc6cccc(-c7ccccc7)c56)c5ccccc45)c4ccccc34)cc2)cc1. The molecule has 0 heterocycles. The first-order valence-corrected chi connectivity index (χ1v) is 18.0. The van der Waals surface area contributed by atoms with Crippen LogP contribution in [0.3, 0.4) is 0 Å². The van der Waals surface area contributed by atoms with Gasteiger partial charge < -0.3 is 0 Å². The largest absolute Gasteiger partial charge is 0.0622 e. The lowest BCUT2D eigenvalue weighted by Crippen LogP contribution is -1.93. The lowest BCUT2D eigenvalue weighted by atomic mass is 9.83. The molecule has 0 saturated carbocycles. The van der Waals surface area contributed by atoms with Crippen LogP contribution in [0.1, 0.15) is 0 Å². The van der Waals surface area contributed by atoms with Crippen molar-refractivity contribution < 1.29 is 0 Å². The fourth-order valence-corrected chi connectivity index (χ4v) is 8.37. The molecule has 0 saturated heterocycles. The number of hydrogen-bond donors (Lipinski definition) is 0. The molecule has 0 spiro atoms. The van der Waals surface area contributed by atoms with Crippen LogP contribution in [0.5, 0.6) is 0 Å². The average molecular weight is 659 g/mol. The number of hydrogen-bond acceptors (Lipinski definition) is 0. The summed E-state index contributed by atoms with van der Waals surface area (Å²) in [5, 5.41) is 10.1. The summed E-state index contributed by atoms with van der Waals surface area (Å²) >= 11 is 0. The smallest absolute Gasteiger partial charge is 0.00201 e. The van der Waals surface area contributed by atoms with Crippen molar-refractivity contribution in [1.82, 2.24) is 0 Å². The number of benzene rings is 10. The molecule has 0 bridgehead atoms. The molecule has 52 heavy (non-hydrogen) atoms. The first-order valence-electron chi connectivity index (χ1n) is 18.0. The van der Waals surface area contributed by atoms with E-state index in [2.05, 4.69) is 206 Å². The number of fused-ring (bicyclic) bond motifs is 4. The summed E-state index contributed by atoms with van der Waals surface area (Å²) in [6.45, 7) is 0. The Morgan fingerprint density at radius 2 is 0.615 bits per heavy atom. The normalized spacial score (nSPS) is 11.5. The number of rotatable bonds is 5. The second-order valence-corrected chi connectivity index (χ2v) is 13.6. The molecule has 0 aliphatic rings. The molecule has 0 aliphatic carbocycles. The van der Waals surface area contributed by atoms with Crippen molar-refractivity contribution in [3.63, 3.8) is 0 Å². The van der Waals surface area contributed by atoms with E-state index in [0.29, 0.717) is 0 Å². The summed E-state index contributed by atoms with van der Waals surface area (Å²) in [4.78, 5) is 0. The molecule has 0 unspecified atom stereocenters. The van der Waals surface area contributed by atoms with Crippen LogP contribution >= 0.6 is 0 Å². The first kappa shape index (κ1) is 30.1. The van der Waals surface area contributed by atoms with Crippen LogP contribution in [-0.4, -0.2) is 0 Å². The third kappa shape index (κ3) is 4.92. The Morgan fingerprint density at radius 1 is 0.192 bits per heavy atom. The summed E-state index contributed by atoms with van der Waals surface area (Å²) < 4.78 is 0. The van der Waals surface area contributed by atoms with Crippen molar-refractivity contribution >= 4 is 43.1 Å². The maximum Gasteiger partial charge on any atom is -0.00201 e. The summed E-state index contributed by atoms with van der Waals surface area (Å²) in [5.74, 6) is 0. The molecule has 0 amide bonds. The molecule has 10 rings (SSSR count). The Hall–Kier alpha value is -6.76. The molecule has 0 atom stereocenters. The maximum absolute atomic E-state index is 2.37. The van der Waals surface area contributed by atoms with E-state index in [1.54, 1.807) is 0 Å². The molecular formula is C52H34. The van der Waals surface area contributed by atoms with Crippen LogP contribution in [0.25, 0.3) is 98.7 Å². The zero-order valence-corrected chi connectivity index (χ0v) is 28.6. The Labute approximate surface area is 303 Å². The van der Waals surface area contributed by atoms with Crippen molar-refractivity contribution in [3.05, 3.63) is 206 Å².